The molecule has 0 atom stereocenters. The quantitative estimate of drug-likeness (QED) is 0.529. The van der Waals surface area contributed by atoms with Gasteiger partial charge < -0.3 is 19.6 Å². The molecule has 8 heteroatoms. The van der Waals surface area contributed by atoms with Crippen LogP contribution >= 0.6 is 11.3 Å². The Balaban J connectivity index is 1.26. The van der Waals surface area contributed by atoms with Gasteiger partial charge >= 0.3 is 5.97 Å². The number of ether oxygens (including phenoxy) is 1. The van der Waals surface area contributed by atoms with Gasteiger partial charge in [-0.3, -0.25) is 9.59 Å². The van der Waals surface area contributed by atoms with E-state index >= 15 is 0 Å². The number of benzene rings is 2. The number of rotatable bonds is 8. The number of nitrogens with zero attached hydrogens (tertiary/aromatic N) is 2. The molecule has 2 aromatic carbocycles. The van der Waals surface area contributed by atoms with Crippen molar-refractivity contribution in [2.24, 2.45) is 0 Å². The number of hydrogen-bond acceptors (Lipinski definition) is 5. The summed E-state index contributed by atoms with van der Waals surface area (Å²) in [6.45, 7) is 3.02. The summed E-state index contributed by atoms with van der Waals surface area (Å²) in [5.41, 5.74) is 1.92. The van der Waals surface area contributed by atoms with Gasteiger partial charge in [-0.05, 0) is 60.5 Å². The van der Waals surface area contributed by atoms with Crippen LogP contribution in [0.3, 0.4) is 0 Å². The van der Waals surface area contributed by atoms with E-state index in [1.54, 1.807) is 12.1 Å². The number of piperazine rings is 1. The van der Waals surface area contributed by atoms with Crippen LogP contribution in [0.15, 0.2) is 60.7 Å². The number of thiophene rings is 1. The number of halogens is 1. The van der Waals surface area contributed by atoms with Crippen LogP contribution in [0.2, 0.25) is 0 Å². The highest BCUT2D eigenvalue weighted by atomic mass is 32.1. The molecule has 1 aliphatic heterocycles. The fourth-order valence-corrected chi connectivity index (χ4v) is 4.59. The van der Waals surface area contributed by atoms with Crippen LogP contribution in [-0.4, -0.2) is 48.1 Å². The Hall–Kier alpha value is -3.39. The number of amides is 1. The van der Waals surface area contributed by atoms with Crippen molar-refractivity contribution in [1.82, 2.24) is 4.90 Å². The molecule has 172 valence electrons. The lowest BCUT2D eigenvalue weighted by Gasteiger charge is -2.36. The molecule has 1 fully saturated rings. The first kappa shape index (κ1) is 22.8. The van der Waals surface area contributed by atoms with Gasteiger partial charge in [-0.2, -0.15) is 0 Å². The predicted octanol–water partition coefficient (Wildman–Crippen LogP) is 4.45. The Bertz CT molecular complexity index is 1090. The maximum Gasteiger partial charge on any atom is 0.303 e. The molecule has 3 aromatic rings. The fourth-order valence-electron chi connectivity index (χ4n) is 3.70. The molecule has 1 N–H and O–H groups in total. The molecule has 0 radical (unpaired) electrons. The van der Waals surface area contributed by atoms with E-state index in [0.717, 1.165) is 16.1 Å². The number of aryl methyl sites for hydroxylation is 1. The second-order valence-corrected chi connectivity index (χ2v) is 9.02. The summed E-state index contributed by atoms with van der Waals surface area (Å²) >= 11 is 1.43. The van der Waals surface area contributed by atoms with E-state index in [0.29, 0.717) is 49.8 Å². The molecule has 4 rings (SSSR count). The fraction of sp³-hybridized carbons (Fsp3) is 0.280. The zero-order chi connectivity index (χ0) is 23.2. The van der Waals surface area contributed by atoms with Crippen molar-refractivity contribution in [2.75, 3.05) is 31.1 Å². The SMILES string of the molecule is O=C(O)CCc1ccc(OCc2ccc(C(=O)N3CCN(c4ccc(F)cc4)CC3)s2)cc1. The molecule has 2 heterocycles. The minimum Gasteiger partial charge on any atom is -0.488 e. The third-order valence-electron chi connectivity index (χ3n) is 5.56. The first-order valence-corrected chi connectivity index (χ1v) is 11.6. The Labute approximate surface area is 195 Å². The lowest BCUT2D eigenvalue weighted by Crippen LogP contribution is -2.48. The maximum absolute atomic E-state index is 13.1. The van der Waals surface area contributed by atoms with Crippen LogP contribution in [0.4, 0.5) is 10.1 Å². The first-order valence-electron chi connectivity index (χ1n) is 10.8. The molecule has 1 saturated heterocycles. The number of carboxylic acid groups (broad SMARTS) is 1. The van der Waals surface area contributed by atoms with Crippen molar-refractivity contribution in [3.63, 3.8) is 0 Å². The topological polar surface area (TPSA) is 70.1 Å². The van der Waals surface area contributed by atoms with Crippen LogP contribution in [0.1, 0.15) is 26.5 Å². The van der Waals surface area contributed by atoms with Gasteiger partial charge in [0.2, 0.25) is 0 Å². The van der Waals surface area contributed by atoms with Gasteiger partial charge in [0.25, 0.3) is 5.91 Å². The second-order valence-electron chi connectivity index (χ2n) is 7.85. The lowest BCUT2D eigenvalue weighted by molar-refractivity contribution is -0.136. The highest BCUT2D eigenvalue weighted by Crippen LogP contribution is 2.23. The van der Waals surface area contributed by atoms with E-state index in [1.807, 2.05) is 41.3 Å². The average Bonchev–Trinajstić information content (AvgIpc) is 3.31. The molecule has 0 saturated carbocycles. The molecule has 0 aliphatic carbocycles. The second kappa shape index (κ2) is 10.5. The van der Waals surface area contributed by atoms with E-state index in [4.69, 9.17) is 9.84 Å². The smallest absolute Gasteiger partial charge is 0.303 e. The minimum atomic E-state index is -0.812. The van der Waals surface area contributed by atoms with E-state index in [9.17, 15) is 14.0 Å². The number of carboxylic acids is 1. The van der Waals surface area contributed by atoms with Crippen LogP contribution in [-0.2, 0) is 17.8 Å². The van der Waals surface area contributed by atoms with Crippen molar-refractivity contribution in [2.45, 2.75) is 19.4 Å². The molecular formula is C25H25FN2O4S. The summed E-state index contributed by atoms with van der Waals surface area (Å²) < 4.78 is 19.0. The number of carbonyl (C=O) groups excluding carboxylic acids is 1. The molecule has 6 nitrogen and oxygen atoms in total. The minimum absolute atomic E-state index is 0.0211. The van der Waals surface area contributed by atoms with Gasteiger partial charge in [-0.15, -0.1) is 11.3 Å². The predicted molar refractivity (Wildman–Crippen MR) is 126 cm³/mol. The Kier molecular flexibility index (Phi) is 7.24. The van der Waals surface area contributed by atoms with Crippen molar-refractivity contribution in [1.29, 1.82) is 0 Å². The summed E-state index contributed by atoms with van der Waals surface area (Å²) in [5, 5.41) is 8.77. The standard InChI is InChI=1S/C25H25FN2O4S/c26-19-4-6-20(7-5-19)27-13-15-28(16-14-27)25(31)23-11-10-22(33-23)17-32-21-8-1-18(2-9-21)3-12-24(29)30/h1-2,4-11H,3,12-17H2,(H,29,30). The summed E-state index contributed by atoms with van der Waals surface area (Å²) in [6.07, 6.45) is 0.595. The number of anilines is 1. The Morgan fingerprint density at radius 2 is 1.64 bits per heavy atom. The van der Waals surface area contributed by atoms with Gasteiger partial charge in [0.05, 0.1) is 4.88 Å². The van der Waals surface area contributed by atoms with E-state index < -0.39 is 5.97 Å². The number of carbonyl (C=O) groups is 2. The molecular weight excluding hydrogens is 443 g/mol. The normalized spacial score (nSPS) is 13.7. The third-order valence-corrected chi connectivity index (χ3v) is 6.61. The molecule has 0 bridgehead atoms. The largest absolute Gasteiger partial charge is 0.488 e. The van der Waals surface area contributed by atoms with Gasteiger partial charge in [-0.25, -0.2) is 4.39 Å². The first-order chi connectivity index (χ1) is 16.0. The summed E-state index contributed by atoms with van der Waals surface area (Å²) in [5.74, 6) is -0.342. The van der Waals surface area contributed by atoms with Gasteiger partial charge in [0.15, 0.2) is 0 Å². The van der Waals surface area contributed by atoms with Crippen LogP contribution in [0, 0.1) is 5.82 Å². The number of aliphatic carboxylic acids is 1. The van der Waals surface area contributed by atoms with Crippen LogP contribution < -0.4 is 9.64 Å². The summed E-state index contributed by atoms with van der Waals surface area (Å²) in [6, 6.07) is 17.6. The lowest BCUT2D eigenvalue weighted by atomic mass is 10.1. The Morgan fingerprint density at radius 1 is 0.939 bits per heavy atom. The van der Waals surface area contributed by atoms with Crippen molar-refractivity contribution in [3.8, 4) is 5.75 Å². The van der Waals surface area contributed by atoms with E-state index in [-0.39, 0.29) is 18.1 Å². The average molecular weight is 469 g/mol. The molecule has 0 spiro atoms. The maximum atomic E-state index is 13.1. The summed E-state index contributed by atoms with van der Waals surface area (Å²) in [7, 11) is 0. The van der Waals surface area contributed by atoms with Gasteiger partial charge in [0, 0.05) is 43.2 Å². The Morgan fingerprint density at radius 3 is 2.30 bits per heavy atom. The monoisotopic (exact) mass is 468 g/mol. The van der Waals surface area contributed by atoms with Crippen molar-refractivity contribution < 1.29 is 23.8 Å². The zero-order valence-corrected chi connectivity index (χ0v) is 18.9. The highest BCUT2D eigenvalue weighted by molar-refractivity contribution is 7.14. The highest BCUT2D eigenvalue weighted by Gasteiger charge is 2.23. The van der Waals surface area contributed by atoms with Crippen LogP contribution in [0.25, 0.3) is 0 Å². The molecule has 1 aliphatic rings. The molecule has 0 unspecified atom stereocenters. The zero-order valence-electron chi connectivity index (χ0n) is 18.1. The van der Waals surface area contributed by atoms with E-state index in [1.165, 1.54) is 23.5 Å². The van der Waals surface area contributed by atoms with E-state index in [2.05, 4.69) is 4.90 Å². The van der Waals surface area contributed by atoms with Gasteiger partial charge in [-0.1, -0.05) is 12.1 Å². The van der Waals surface area contributed by atoms with Gasteiger partial charge in [0.1, 0.15) is 18.2 Å². The summed E-state index contributed by atoms with van der Waals surface area (Å²) in [4.78, 5) is 29.2. The van der Waals surface area contributed by atoms with Crippen molar-refractivity contribution in [3.05, 3.63) is 81.8 Å². The third kappa shape index (κ3) is 6.10. The molecule has 1 amide bonds. The molecule has 33 heavy (non-hydrogen) atoms. The van der Waals surface area contributed by atoms with Crippen LogP contribution in [0.5, 0.6) is 5.75 Å². The number of hydrogen-bond donors (Lipinski definition) is 1. The van der Waals surface area contributed by atoms with Crippen molar-refractivity contribution >= 4 is 28.9 Å². The molecule has 1 aromatic heterocycles.